The van der Waals surface area contributed by atoms with Gasteiger partial charge < -0.3 is 15.1 Å². The second-order valence-electron chi connectivity index (χ2n) is 13.5. The Morgan fingerprint density at radius 2 is 1.57 bits per heavy atom. The summed E-state index contributed by atoms with van der Waals surface area (Å²) in [6, 6.07) is 27.4. The fraction of sp³-hybridized carbons (Fsp3) is 0.450. The predicted molar refractivity (Wildman–Crippen MR) is 199 cm³/mol. The Balaban J connectivity index is 1.51. The standard InChI is InChI=1S/C40H51N4O6P/c1-31(2)29-40(39(48)41-34-22-11-6-12-23-34,43(30-51-49)36(45)25-15-19-32-17-7-4-8-18-32)26-13-14-28-44(50-3)38(47)35-24-16-27-42(35)37(46)33-20-9-5-10-21-33/h4-12,17-18,20-23,31,35H,13-16,19,24-30H2,1-3H3,(H,41,48)/t35-,40-/m0/s1. The molecule has 1 N–H and O–H groups in total. The van der Waals surface area contributed by atoms with E-state index in [9.17, 15) is 23.7 Å². The molecule has 11 heteroatoms. The zero-order valence-corrected chi connectivity index (χ0v) is 30.9. The lowest BCUT2D eigenvalue weighted by molar-refractivity contribution is -0.180. The van der Waals surface area contributed by atoms with Crippen LogP contribution in [0.5, 0.6) is 0 Å². The summed E-state index contributed by atoms with van der Waals surface area (Å²) in [5.74, 6) is -0.993. The van der Waals surface area contributed by atoms with Crippen LogP contribution in [0.4, 0.5) is 5.69 Å². The van der Waals surface area contributed by atoms with Crippen molar-refractivity contribution in [2.24, 2.45) is 5.92 Å². The van der Waals surface area contributed by atoms with Gasteiger partial charge in [0.05, 0.1) is 7.11 Å². The van der Waals surface area contributed by atoms with Crippen molar-refractivity contribution in [3.8, 4) is 0 Å². The van der Waals surface area contributed by atoms with Gasteiger partial charge in [0.2, 0.25) is 11.8 Å². The molecule has 4 amide bonds. The Morgan fingerprint density at radius 3 is 2.20 bits per heavy atom. The largest absolute Gasteiger partial charge is 0.327 e. The van der Waals surface area contributed by atoms with Crippen LogP contribution in [0.25, 0.3) is 0 Å². The van der Waals surface area contributed by atoms with E-state index in [1.807, 2.05) is 68.4 Å². The molecular formula is C40H51N4O6P. The monoisotopic (exact) mass is 714 g/mol. The first-order valence-corrected chi connectivity index (χ1v) is 18.9. The first-order chi connectivity index (χ1) is 24.7. The van der Waals surface area contributed by atoms with Crippen molar-refractivity contribution >= 4 is 37.8 Å². The molecule has 1 aliphatic heterocycles. The number of likely N-dealkylation sites (tertiary alicyclic amines) is 1. The minimum atomic E-state index is -1.29. The molecule has 0 radical (unpaired) electrons. The van der Waals surface area contributed by atoms with E-state index < -0.39 is 11.6 Å². The van der Waals surface area contributed by atoms with Gasteiger partial charge in [-0.1, -0.05) is 80.6 Å². The summed E-state index contributed by atoms with van der Waals surface area (Å²) in [4.78, 5) is 64.1. The molecule has 3 aromatic rings. The van der Waals surface area contributed by atoms with E-state index in [0.29, 0.717) is 56.3 Å². The minimum absolute atomic E-state index is 0.0296. The number of nitrogens with one attached hydrogen (secondary N) is 1. The zero-order chi connectivity index (χ0) is 36.6. The van der Waals surface area contributed by atoms with E-state index in [0.717, 1.165) is 12.0 Å². The number of hydrogen-bond acceptors (Lipinski definition) is 6. The fourth-order valence-electron chi connectivity index (χ4n) is 7.00. The first-order valence-electron chi connectivity index (χ1n) is 17.9. The van der Waals surface area contributed by atoms with Gasteiger partial charge in [-0.2, -0.15) is 0 Å². The Labute approximate surface area is 303 Å². The van der Waals surface area contributed by atoms with Gasteiger partial charge in [0.25, 0.3) is 11.8 Å². The Bertz CT molecular complexity index is 1580. The van der Waals surface area contributed by atoms with Gasteiger partial charge in [-0.05, 0) is 87.1 Å². The molecule has 0 aromatic heterocycles. The molecule has 0 aliphatic carbocycles. The molecular weight excluding hydrogens is 663 g/mol. The number of benzene rings is 3. The molecule has 4 rings (SSSR count). The Morgan fingerprint density at radius 1 is 0.922 bits per heavy atom. The number of carbonyl (C=O) groups excluding carboxylic acids is 4. The topological polar surface area (TPSA) is 116 Å². The number of nitrogens with zero attached hydrogens (tertiary/aromatic N) is 3. The zero-order valence-electron chi connectivity index (χ0n) is 30.0. The van der Waals surface area contributed by atoms with Crippen LogP contribution in [0, 0.1) is 5.92 Å². The molecule has 1 aliphatic rings. The molecule has 1 heterocycles. The van der Waals surface area contributed by atoms with Gasteiger partial charge >= 0.3 is 0 Å². The maximum absolute atomic E-state index is 14.4. The summed E-state index contributed by atoms with van der Waals surface area (Å²) < 4.78 is 12.2. The SMILES string of the molecule is CON(CCCC[C@](CC(C)C)(C(=O)Nc1ccccc1)N(CP=O)C(=O)CCCc1ccccc1)C(=O)[C@@H]1CCCN1C(=O)c1ccccc1. The summed E-state index contributed by atoms with van der Waals surface area (Å²) in [6.07, 6.45) is 4.24. The summed E-state index contributed by atoms with van der Waals surface area (Å²) in [6.45, 7) is 4.74. The van der Waals surface area contributed by atoms with Crippen molar-refractivity contribution in [3.05, 3.63) is 102 Å². The van der Waals surface area contributed by atoms with Gasteiger partial charge in [-0.25, -0.2) is 5.06 Å². The fourth-order valence-corrected chi connectivity index (χ4v) is 7.54. The molecule has 10 nitrogen and oxygen atoms in total. The van der Waals surface area contributed by atoms with E-state index in [-0.39, 0.29) is 63.7 Å². The highest BCUT2D eigenvalue weighted by molar-refractivity contribution is 7.23. The second kappa shape index (κ2) is 19.8. The van der Waals surface area contributed by atoms with Crippen LogP contribution in [0.3, 0.4) is 0 Å². The van der Waals surface area contributed by atoms with Crippen molar-refractivity contribution in [1.29, 1.82) is 0 Å². The van der Waals surface area contributed by atoms with Crippen molar-refractivity contribution in [1.82, 2.24) is 14.9 Å². The van der Waals surface area contributed by atoms with Crippen LogP contribution in [0.1, 0.15) is 81.1 Å². The third-order valence-corrected chi connectivity index (χ3v) is 9.80. The summed E-state index contributed by atoms with van der Waals surface area (Å²) in [7, 11) is 1.18. The number of amides is 4. The molecule has 0 unspecified atom stereocenters. The number of rotatable bonds is 19. The van der Waals surface area contributed by atoms with Gasteiger partial charge in [-0.15, -0.1) is 0 Å². The molecule has 51 heavy (non-hydrogen) atoms. The van der Waals surface area contributed by atoms with Gasteiger partial charge in [0.1, 0.15) is 17.9 Å². The molecule has 3 aromatic carbocycles. The van der Waals surface area contributed by atoms with E-state index >= 15 is 0 Å². The molecule has 0 saturated carbocycles. The highest BCUT2D eigenvalue weighted by Crippen LogP contribution is 2.34. The highest BCUT2D eigenvalue weighted by atomic mass is 31.1. The van der Waals surface area contributed by atoms with Crippen LogP contribution in [-0.2, 0) is 30.2 Å². The maximum atomic E-state index is 14.4. The third-order valence-electron chi connectivity index (χ3n) is 9.40. The molecule has 1 saturated heterocycles. The average molecular weight is 715 g/mol. The van der Waals surface area contributed by atoms with E-state index in [1.165, 1.54) is 17.1 Å². The Kier molecular flexibility index (Phi) is 15.3. The van der Waals surface area contributed by atoms with Gasteiger partial charge in [0, 0.05) is 30.8 Å². The number of carbonyl (C=O) groups is 4. The number of aryl methyl sites for hydroxylation is 1. The molecule has 0 bridgehead atoms. The quantitative estimate of drug-likeness (QED) is 0.0788. The number of hydrogen-bond donors (Lipinski definition) is 1. The van der Waals surface area contributed by atoms with E-state index in [4.69, 9.17) is 4.84 Å². The lowest BCUT2D eigenvalue weighted by Crippen LogP contribution is -2.59. The summed E-state index contributed by atoms with van der Waals surface area (Å²) in [5.41, 5.74) is 0.968. The van der Waals surface area contributed by atoms with Crippen LogP contribution in [0.2, 0.25) is 0 Å². The van der Waals surface area contributed by atoms with Crippen LogP contribution < -0.4 is 5.32 Å². The molecule has 1 fully saturated rings. The number of para-hydroxylation sites is 1. The number of unbranched alkanes of at least 4 members (excludes halogenated alkanes) is 1. The summed E-state index contributed by atoms with van der Waals surface area (Å²) in [5, 5.41) is 4.35. The smallest absolute Gasteiger partial charge is 0.268 e. The Hall–Kier alpha value is -4.40. The third kappa shape index (κ3) is 10.8. The minimum Gasteiger partial charge on any atom is -0.327 e. The maximum Gasteiger partial charge on any atom is 0.268 e. The summed E-state index contributed by atoms with van der Waals surface area (Å²) >= 11 is 0. The van der Waals surface area contributed by atoms with Crippen LogP contribution in [0.15, 0.2) is 91.0 Å². The van der Waals surface area contributed by atoms with Crippen LogP contribution in [-0.4, -0.2) is 76.6 Å². The normalized spacial score (nSPS) is 15.4. The van der Waals surface area contributed by atoms with Crippen molar-refractivity contribution in [2.75, 3.05) is 31.8 Å². The lowest BCUT2D eigenvalue weighted by Gasteiger charge is -2.43. The van der Waals surface area contributed by atoms with Crippen molar-refractivity contribution in [2.45, 2.75) is 83.2 Å². The molecule has 0 spiro atoms. The first kappa shape index (κ1) is 39.4. The van der Waals surface area contributed by atoms with Crippen molar-refractivity contribution in [3.63, 3.8) is 0 Å². The molecule has 2 atom stereocenters. The number of hydroxylamine groups is 2. The number of anilines is 1. The van der Waals surface area contributed by atoms with Gasteiger partial charge in [0.15, 0.2) is 8.46 Å². The second-order valence-corrected chi connectivity index (χ2v) is 14.0. The average Bonchev–Trinajstić information content (AvgIpc) is 3.64. The molecule has 272 valence electrons. The van der Waals surface area contributed by atoms with Crippen molar-refractivity contribution < 1.29 is 28.6 Å². The van der Waals surface area contributed by atoms with Gasteiger partial charge in [-0.3, -0.25) is 28.6 Å². The van der Waals surface area contributed by atoms with E-state index in [1.54, 1.807) is 41.3 Å². The lowest BCUT2D eigenvalue weighted by atomic mass is 9.81. The predicted octanol–water partition coefficient (Wildman–Crippen LogP) is 7.38. The highest BCUT2D eigenvalue weighted by Gasteiger charge is 2.46. The van der Waals surface area contributed by atoms with Crippen LogP contribution >= 0.6 is 8.46 Å². The van der Waals surface area contributed by atoms with E-state index in [2.05, 4.69) is 5.32 Å².